The van der Waals surface area contributed by atoms with Crippen molar-refractivity contribution in [2.75, 3.05) is 39.6 Å². The lowest BCUT2D eigenvalue weighted by molar-refractivity contribution is -0.161. The molecule has 0 amide bonds. The zero-order chi connectivity index (χ0) is 73.2. The van der Waals surface area contributed by atoms with Gasteiger partial charge in [-0.15, -0.1) is 0 Å². The summed E-state index contributed by atoms with van der Waals surface area (Å²) in [6.45, 7) is 4.74. The van der Waals surface area contributed by atoms with Gasteiger partial charge in [0.05, 0.1) is 26.4 Å². The van der Waals surface area contributed by atoms with Gasteiger partial charge in [0.2, 0.25) is 0 Å². The van der Waals surface area contributed by atoms with Crippen LogP contribution < -0.4 is 0 Å². The minimum absolute atomic E-state index is 0.0756. The Morgan fingerprint density at radius 1 is 0.280 bits per heavy atom. The Morgan fingerprint density at radius 3 is 0.740 bits per heavy atom. The van der Waals surface area contributed by atoms with E-state index in [1.807, 2.05) is 0 Å². The van der Waals surface area contributed by atoms with Gasteiger partial charge in [0.25, 0.3) is 0 Å². The van der Waals surface area contributed by atoms with Gasteiger partial charge in [-0.1, -0.05) is 253 Å². The van der Waals surface area contributed by atoms with Gasteiger partial charge >= 0.3 is 39.5 Å². The summed E-state index contributed by atoms with van der Waals surface area (Å²) in [5, 5.41) is 10.6. The number of allylic oxidation sites excluding steroid dienone is 16. The number of aliphatic hydroxyl groups is 1. The third-order valence-corrected chi connectivity index (χ3v) is 18.4. The number of rotatable bonds is 74. The predicted molar refractivity (Wildman–Crippen MR) is 409 cm³/mol. The highest BCUT2D eigenvalue weighted by molar-refractivity contribution is 7.47. The van der Waals surface area contributed by atoms with Gasteiger partial charge in [0.15, 0.2) is 12.2 Å². The van der Waals surface area contributed by atoms with Crippen LogP contribution in [0.1, 0.15) is 336 Å². The van der Waals surface area contributed by atoms with Crippen molar-refractivity contribution in [1.82, 2.24) is 0 Å². The van der Waals surface area contributed by atoms with Gasteiger partial charge in [0, 0.05) is 25.7 Å². The second-order valence-corrected chi connectivity index (χ2v) is 29.2. The molecule has 0 aliphatic rings. The second kappa shape index (κ2) is 73.3. The minimum Gasteiger partial charge on any atom is -0.462 e. The average Bonchev–Trinajstić information content (AvgIpc) is 1.01. The number of esters is 4. The van der Waals surface area contributed by atoms with Crippen molar-refractivity contribution in [2.24, 2.45) is 0 Å². The number of phosphoric acid groups is 2. The van der Waals surface area contributed by atoms with E-state index in [1.54, 1.807) is 0 Å². The Bertz CT molecular complexity index is 2120. The first-order valence-corrected chi connectivity index (χ1v) is 42.5. The van der Waals surface area contributed by atoms with Crippen molar-refractivity contribution < 1.29 is 80.2 Å². The quantitative estimate of drug-likeness (QED) is 0.0169. The number of carbonyl (C=O) groups excluding carboxylic acids is 4. The van der Waals surface area contributed by atoms with Crippen LogP contribution >= 0.6 is 15.6 Å². The van der Waals surface area contributed by atoms with Crippen LogP contribution in [0.25, 0.3) is 0 Å². The first kappa shape index (κ1) is 96.0. The van der Waals surface area contributed by atoms with Crippen molar-refractivity contribution in [2.45, 2.75) is 354 Å². The van der Waals surface area contributed by atoms with E-state index in [2.05, 4.69) is 125 Å². The molecule has 17 nitrogen and oxygen atoms in total. The lowest BCUT2D eigenvalue weighted by Crippen LogP contribution is -2.30. The first-order chi connectivity index (χ1) is 48.7. The summed E-state index contributed by atoms with van der Waals surface area (Å²) in [4.78, 5) is 72.9. The molecule has 0 aliphatic heterocycles. The van der Waals surface area contributed by atoms with E-state index >= 15 is 0 Å². The Morgan fingerprint density at radius 2 is 0.490 bits per heavy atom. The summed E-state index contributed by atoms with van der Waals surface area (Å²) in [6, 6.07) is 0. The van der Waals surface area contributed by atoms with E-state index in [4.69, 9.17) is 37.0 Å². The van der Waals surface area contributed by atoms with Crippen molar-refractivity contribution in [3.05, 3.63) is 97.2 Å². The molecule has 4 atom stereocenters. The fraction of sp³-hybridized carbons (Fsp3) is 0.753. The number of ether oxygens (including phenoxy) is 4. The van der Waals surface area contributed by atoms with Crippen LogP contribution in [0.15, 0.2) is 97.2 Å². The molecule has 0 bridgehead atoms. The van der Waals surface area contributed by atoms with Crippen LogP contribution in [0.3, 0.4) is 0 Å². The van der Waals surface area contributed by atoms with Crippen LogP contribution in [0, 0.1) is 0 Å². The summed E-state index contributed by atoms with van der Waals surface area (Å²) < 4.78 is 68.5. The highest BCUT2D eigenvalue weighted by atomic mass is 31.2. The number of phosphoric ester groups is 2. The zero-order valence-electron chi connectivity index (χ0n) is 63.1. The normalized spacial score (nSPS) is 14.4. The molecule has 3 N–H and O–H groups in total. The molecule has 0 saturated carbocycles. The fourth-order valence-corrected chi connectivity index (χ4v) is 12.0. The molecule has 0 heterocycles. The Hall–Kier alpha value is -4.02. The third kappa shape index (κ3) is 72.3. The zero-order valence-corrected chi connectivity index (χ0v) is 64.9. The lowest BCUT2D eigenvalue weighted by Gasteiger charge is -2.21. The van der Waals surface area contributed by atoms with Gasteiger partial charge < -0.3 is 33.8 Å². The Labute approximate surface area is 607 Å². The molecule has 100 heavy (non-hydrogen) atoms. The van der Waals surface area contributed by atoms with Gasteiger partial charge in [-0.05, 0) is 154 Å². The number of hydrogen-bond donors (Lipinski definition) is 3. The molecule has 0 radical (unpaired) electrons. The summed E-state index contributed by atoms with van der Waals surface area (Å²) in [5.74, 6) is -2.22. The van der Waals surface area contributed by atoms with E-state index in [1.165, 1.54) is 77.0 Å². The standard InChI is InChI=1S/C81H142O17P2/c1-5-9-13-17-21-25-29-33-37-41-45-49-53-57-61-65-78(83)91-71-76(97-80(85)67-63-59-55-51-47-43-39-35-31-27-23-19-15-11-7-3)73-95-99(87,88)93-69-75(82)70-94-100(89,90)96-74-77(98-81(86)68-64-60-56-52-48-44-40-36-32-28-24-20-16-12-8-4)72-92-79(84)66-62-58-54-50-46-42-38-34-30-26-22-18-14-10-6-2/h21-28,33-40,75-77,82H,5-20,29-32,41-74H2,1-4H3,(H,87,88)(H,89,90)/b25-21+,26-22+,27-23+,28-24+,37-33+,38-34+,39-35+,40-36+/t76-,77-/m1/s1. The van der Waals surface area contributed by atoms with E-state index in [9.17, 15) is 43.2 Å². The van der Waals surface area contributed by atoms with E-state index in [0.29, 0.717) is 25.7 Å². The molecular formula is C81H142O17P2. The van der Waals surface area contributed by atoms with Crippen molar-refractivity contribution in [1.29, 1.82) is 0 Å². The summed E-state index contributed by atoms with van der Waals surface area (Å²) in [7, 11) is -9.97. The Kier molecular flexibility index (Phi) is 70.4. The number of unbranched alkanes of at least 4 members (excludes halogenated alkanes) is 32. The maximum Gasteiger partial charge on any atom is 0.472 e. The molecular weight excluding hydrogens is 1310 g/mol. The van der Waals surface area contributed by atoms with Gasteiger partial charge in [-0.25, -0.2) is 9.13 Å². The van der Waals surface area contributed by atoms with Gasteiger partial charge in [0.1, 0.15) is 19.3 Å². The molecule has 0 fully saturated rings. The minimum atomic E-state index is -4.98. The largest absolute Gasteiger partial charge is 0.472 e. The SMILES string of the molecule is CCCCC/C=C/C/C=C/CCCCCCCC(=O)OC[C@H](COP(=O)(O)OCC(O)COP(=O)(O)OC[C@@H](COC(=O)CCCCCCC/C=C/C/C=C/CCCCC)OC(=O)CCCCCCC/C=C/C/C=C/CCCCC)OC(=O)CCCCCCC/C=C/C/C=C/CCCCC. The monoisotopic (exact) mass is 1450 g/mol. The molecule has 0 saturated heterocycles. The van der Waals surface area contributed by atoms with Crippen molar-refractivity contribution >= 4 is 39.5 Å². The second-order valence-electron chi connectivity index (χ2n) is 26.3. The number of hydrogen-bond acceptors (Lipinski definition) is 15. The van der Waals surface area contributed by atoms with Crippen LogP contribution in [0.5, 0.6) is 0 Å². The highest BCUT2D eigenvalue weighted by Crippen LogP contribution is 2.45. The maximum atomic E-state index is 13.1. The van der Waals surface area contributed by atoms with Crippen LogP contribution in [0.4, 0.5) is 0 Å². The van der Waals surface area contributed by atoms with Gasteiger partial charge in [-0.3, -0.25) is 37.3 Å². The van der Waals surface area contributed by atoms with Crippen molar-refractivity contribution in [3.63, 3.8) is 0 Å². The molecule has 578 valence electrons. The average molecular weight is 1450 g/mol. The van der Waals surface area contributed by atoms with Crippen LogP contribution in [-0.2, 0) is 65.4 Å². The van der Waals surface area contributed by atoms with E-state index in [-0.39, 0.29) is 25.7 Å². The highest BCUT2D eigenvalue weighted by Gasteiger charge is 2.30. The van der Waals surface area contributed by atoms with E-state index < -0.39 is 97.5 Å². The Balaban J connectivity index is 5.40. The molecule has 0 spiro atoms. The van der Waals surface area contributed by atoms with E-state index in [0.717, 1.165) is 180 Å². The smallest absolute Gasteiger partial charge is 0.462 e. The summed E-state index contributed by atoms with van der Waals surface area (Å²) in [5.41, 5.74) is 0. The lowest BCUT2D eigenvalue weighted by atomic mass is 10.1. The van der Waals surface area contributed by atoms with Crippen LogP contribution in [-0.4, -0.2) is 96.7 Å². The topological polar surface area (TPSA) is 237 Å². The molecule has 0 aliphatic carbocycles. The number of aliphatic hydroxyl groups excluding tert-OH is 1. The molecule has 0 aromatic rings. The van der Waals surface area contributed by atoms with Gasteiger partial charge in [-0.2, -0.15) is 0 Å². The summed E-state index contributed by atoms with van der Waals surface area (Å²) >= 11 is 0. The molecule has 19 heteroatoms. The number of carbonyl (C=O) groups is 4. The third-order valence-electron chi connectivity index (χ3n) is 16.5. The van der Waals surface area contributed by atoms with Crippen LogP contribution in [0.2, 0.25) is 0 Å². The predicted octanol–water partition coefficient (Wildman–Crippen LogP) is 22.8. The molecule has 0 aromatic heterocycles. The molecule has 2 unspecified atom stereocenters. The molecule has 0 aromatic carbocycles. The first-order valence-electron chi connectivity index (χ1n) is 39.5. The molecule has 0 rings (SSSR count). The van der Waals surface area contributed by atoms with Crippen molar-refractivity contribution in [3.8, 4) is 0 Å². The summed E-state index contributed by atoms with van der Waals surface area (Å²) in [6.07, 6.45) is 76.6. The maximum absolute atomic E-state index is 13.1. The fourth-order valence-electron chi connectivity index (χ4n) is 10.4.